The van der Waals surface area contributed by atoms with Crippen LogP contribution in [0.4, 0.5) is 0 Å². The normalized spacial score (nSPS) is 19.5. The van der Waals surface area contributed by atoms with E-state index < -0.39 is 0 Å². The van der Waals surface area contributed by atoms with E-state index in [0.717, 1.165) is 166 Å². The number of amides is 10. The second kappa shape index (κ2) is 68.2. The summed E-state index contributed by atoms with van der Waals surface area (Å²) < 4.78 is 0. The van der Waals surface area contributed by atoms with E-state index in [-0.39, 0.29) is 53.2 Å². The first kappa shape index (κ1) is 118. The lowest BCUT2D eigenvalue weighted by Gasteiger charge is -2.42. The molecule has 0 bridgehead atoms. The molecule has 0 aromatic heterocycles. The van der Waals surface area contributed by atoms with Crippen molar-refractivity contribution in [2.24, 2.45) is 29.6 Å². The number of carbonyl (C=O) groups is 10. The largest absolute Gasteiger partial charge is 0.343 e. The van der Waals surface area contributed by atoms with Gasteiger partial charge in [0.05, 0.1) is 0 Å². The SMILES string of the molecule is CC(C)CN(CC(C)C)C(=O)CCCCC(=O)N(CC(C)C)CC(C)C.CC(CCCC(=O)N(C)C1CCCCC1)C(=O)N(C)C1CCCCC1.CN(C(=O)CCCCC(=O)N(C)C1CCCCC1)C1CCCCC1.CN(C(=O)CCSCCC(=O)N(C)C1CCCCC1)C1CCCCC1.O=C(CCCCC(=O)N(C1CCCCC1)C1CCCCC1)N(C1CCCCC1)C1CCCCC1. The summed E-state index contributed by atoms with van der Waals surface area (Å²) in [6.07, 6.45) is 74.2. The van der Waals surface area contributed by atoms with Crippen molar-refractivity contribution in [3.05, 3.63) is 0 Å². The molecule has 0 spiro atoms. The van der Waals surface area contributed by atoms with E-state index in [9.17, 15) is 47.9 Å². The highest BCUT2D eigenvalue weighted by molar-refractivity contribution is 7.99. The third-order valence-corrected chi connectivity index (χ3v) is 33.0. The molecule has 10 amide bonds. The van der Waals surface area contributed by atoms with Crippen LogP contribution in [-0.2, 0) is 47.9 Å². The molecule has 10 aliphatic carbocycles. The van der Waals surface area contributed by atoms with Crippen molar-refractivity contribution in [3.63, 3.8) is 0 Å². The van der Waals surface area contributed by atoms with Crippen LogP contribution in [0.3, 0.4) is 0 Å². The third kappa shape index (κ3) is 45.8. The maximum atomic E-state index is 13.4. The first-order valence-corrected chi connectivity index (χ1v) is 57.9. The molecule has 0 radical (unpaired) electrons. The van der Waals surface area contributed by atoms with Gasteiger partial charge >= 0.3 is 0 Å². The molecule has 1 unspecified atom stereocenters. The number of unbranched alkanes of at least 4 members (excludes halogenated alkanes) is 3. The number of hydrogen-bond donors (Lipinski definition) is 0. The predicted molar refractivity (Wildman–Crippen MR) is 557 cm³/mol. The van der Waals surface area contributed by atoms with Crippen molar-refractivity contribution in [1.82, 2.24) is 49.0 Å². The van der Waals surface area contributed by atoms with E-state index in [4.69, 9.17) is 0 Å². The summed E-state index contributed by atoms with van der Waals surface area (Å²) in [6, 6.07) is 4.63. The van der Waals surface area contributed by atoms with Crippen molar-refractivity contribution >= 4 is 70.8 Å². The monoisotopic (exact) mass is 1900 g/mol. The lowest BCUT2D eigenvalue weighted by Crippen LogP contribution is -2.49. The second-order valence-corrected chi connectivity index (χ2v) is 46.4. The minimum atomic E-state index is 0.0275. The predicted octanol–water partition coefficient (Wildman–Crippen LogP) is 24.9. The van der Waals surface area contributed by atoms with Crippen LogP contribution < -0.4 is 0 Å². The van der Waals surface area contributed by atoms with Gasteiger partial charge in [0.2, 0.25) is 59.1 Å². The molecule has 0 aromatic rings. The average Bonchev–Trinajstić information content (AvgIpc) is 0.831. The Morgan fingerprint density at radius 1 is 0.209 bits per heavy atom. The topological polar surface area (TPSA) is 203 Å². The van der Waals surface area contributed by atoms with Gasteiger partial charge in [-0.05, 0) is 203 Å². The van der Waals surface area contributed by atoms with Crippen LogP contribution in [0.15, 0.2) is 0 Å². The van der Waals surface area contributed by atoms with Gasteiger partial charge in [-0.1, -0.05) is 255 Å². The van der Waals surface area contributed by atoms with Crippen LogP contribution in [0, 0.1) is 29.6 Å². The highest BCUT2D eigenvalue weighted by atomic mass is 32.2. The first-order valence-electron chi connectivity index (χ1n) is 56.8. The van der Waals surface area contributed by atoms with Gasteiger partial charge < -0.3 is 49.0 Å². The Morgan fingerprint density at radius 2 is 0.381 bits per heavy atom. The van der Waals surface area contributed by atoms with Crippen LogP contribution in [0.1, 0.15) is 493 Å². The number of nitrogens with zero attached hydrogens (tertiary/aromatic N) is 10. The van der Waals surface area contributed by atoms with E-state index in [2.05, 4.69) is 65.2 Å². The minimum Gasteiger partial charge on any atom is -0.343 e. The lowest BCUT2D eigenvalue weighted by molar-refractivity contribution is -0.140. The molecule has 0 N–H and O–H groups in total. The van der Waals surface area contributed by atoms with Crippen LogP contribution in [0.5, 0.6) is 0 Å². The summed E-state index contributed by atoms with van der Waals surface area (Å²) in [5, 5.41) is 0. The zero-order chi connectivity index (χ0) is 97.5. The Balaban J connectivity index is 0.000000259. The van der Waals surface area contributed by atoms with Gasteiger partial charge in [0.25, 0.3) is 0 Å². The lowest BCUT2D eigenvalue weighted by atomic mass is 9.88. The fourth-order valence-corrected chi connectivity index (χ4v) is 24.6. The molecule has 21 heteroatoms. The maximum absolute atomic E-state index is 13.4. The van der Waals surface area contributed by atoms with E-state index >= 15 is 0 Å². The molecule has 10 saturated carbocycles. The highest BCUT2D eigenvalue weighted by Gasteiger charge is 2.37. The van der Waals surface area contributed by atoms with Gasteiger partial charge in [0.1, 0.15) is 0 Å². The summed E-state index contributed by atoms with van der Waals surface area (Å²) in [6.45, 7) is 22.5. The molecule has 1 atom stereocenters. The van der Waals surface area contributed by atoms with Gasteiger partial charge in [0.15, 0.2) is 0 Å². The molecule has 134 heavy (non-hydrogen) atoms. The summed E-state index contributed by atoms with van der Waals surface area (Å²) in [7, 11) is 11.8. The molecule has 10 aliphatic rings. The Kier molecular flexibility index (Phi) is 60.0. The summed E-state index contributed by atoms with van der Waals surface area (Å²) in [5.41, 5.74) is 0. The molecule has 0 aliphatic heterocycles. The maximum Gasteiger partial charge on any atom is 0.225 e. The number of hydrogen-bond acceptors (Lipinski definition) is 11. The smallest absolute Gasteiger partial charge is 0.225 e. The van der Waals surface area contributed by atoms with Crippen LogP contribution in [-0.4, -0.2) is 248 Å². The van der Waals surface area contributed by atoms with Gasteiger partial charge in [-0.15, -0.1) is 0 Å². The molecular formula is C113H206N10O10S. The van der Waals surface area contributed by atoms with Crippen LogP contribution in [0.2, 0.25) is 0 Å². The zero-order valence-corrected chi connectivity index (χ0v) is 90.1. The van der Waals surface area contributed by atoms with Crippen molar-refractivity contribution in [2.45, 2.75) is 553 Å². The Bertz CT molecular complexity index is 3000. The van der Waals surface area contributed by atoms with E-state index in [1.165, 1.54) is 244 Å². The van der Waals surface area contributed by atoms with Crippen molar-refractivity contribution < 1.29 is 47.9 Å². The van der Waals surface area contributed by atoms with E-state index in [1.807, 2.05) is 88.4 Å². The van der Waals surface area contributed by atoms with Crippen molar-refractivity contribution in [3.8, 4) is 0 Å². The molecular weight excluding hydrogens is 1690 g/mol. The third-order valence-electron chi connectivity index (χ3n) is 32.0. The number of thioether (sulfide) groups is 1. The average molecular weight is 1900 g/mol. The molecule has 0 heterocycles. The Morgan fingerprint density at radius 3 is 0.590 bits per heavy atom. The van der Waals surface area contributed by atoms with Crippen molar-refractivity contribution in [2.75, 3.05) is 80.0 Å². The van der Waals surface area contributed by atoms with Gasteiger partial charge in [-0.3, -0.25) is 47.9 Å². The van der Waals surface area contributed by atoms with Gasteiger partial charge in [-0.2, -0.15) is 11.8 Å². The molecule has 20 nitrogen and oxygen atoms in total. The second-order valence-electron chi connectivity index (χ2n) is 45.2. The minimum absolute atomic E-state index is 0.0275. The summed E-state index contributed by atoms with van der Waals surface area (Å²) in [5.74, 6) is 6.46. The fourth-order valence-electron chi connectivity index (χ4n) is 23.7. The highest BCUT2D eigenvalue weighted by Crippen LogP contribution is 2.36. The quantitative estimate of drug-likeness (QED) is 0.0525. The van der Waals surface area contributed by atoms with E-state index in [0.29, 0.717) is 154 Å². The van der Waals surface area contributed by atoms with Crippen LogP contribution in [0.25, 0.3) is 0 Å². The number of carbonyl (C=O) groups excluding carboxylic acids is 10. The summed E-state index contributed by atoms with van der Waals surface area (Å²) in [4.78, 5) is 147. The molecule has 0 aromatic carbocycles. The van der Waals surface area contributed by atoms with Gasteiger partial charge in [0, 0.05) is 204 Å². The molecule has 774 valence electrons. The molecule has 10 rings (SSSR count). The number of rotatable bonds is 44. The Hall–Kier alpha value is -4.95. The van der Waals surface area contributed by atoms with Crippen LogP contribution >= 0.6 is 11.8 Å². The molecule has 0 saturated heterocycles. The van der Waals surface area contributed by atoms with Crippen molar-refractivity contribution in [1.29, 1.82) is 0 Å². The standard InChI is InChI=1S/C30H52N2O2.C22H44N2O2.C21H38N2O2.C20H36N2O2S.C20H36N2O2/c33-29(31(25-15-5-1-6-16-25)26-17-7-2-8-18-26)23-13-14-24-30(34)32(27-19-9-3-10-20-27)28-21-11-4-12-22-28;1-17(2)13-23(14-18(3)4)21(25)11-9-10-12-22(26)24(15-19(5)6)16-20(7)8;1-17(21(25)23(3)19-14-8-5-9-15-19)11-10-16-20(24)22(2)18-12-6-4-7-13-18;1-21(17-9-5-3-6-10-17)19(23)13-15-25-16-14-20(24)22(2)18-11-7-4-8-12-18;1-21(17-11-5-3-6-12-17)19(23)15-9-10-16-20(24)22(2)18-13-7-4-8-14-18/h25-28H,1-24H2;17-20H,9-16H2,1-8H3;17-19H,4-16H2,1-3H3;17-18H,3-16H2,1-2H3;17-18H,3-16H2,1-2H3. The molecule has 10 fully saturated rings. The fraction of sp³-hybridized carbons (Fsp3) is 0.912. The van der Waals surface area contributed by atoms with Gasteiger partial charge in [-0.25, -0.2) is 0 Å². The van der Waals surface area contributed by atoms with E-state index in [1.54, 1.807) is 11.8 Å². The Labute approximate surface area is 825 Å². The zero-order valence-electron chi connectivity index (χ0n) is 89.2. The first-order chi connectivity index (χ1) is 64.4. The summed E-state index contributed by atoms with van der Waals surface area (Å²) >= 11 is 1.74.